The number of ether oxygens (including phenoxy) is 1. The Bertz CT molecular complexity index is 1100. The van der Waals surface area contributed by atoms with Crippen LogP contribution in [0.15, 0.2) is 60.7 Å². The quantitative estimate of drug-likeness (QED) is 0.510. The molecule has 0 radical (unpaired) electrons. The van der Waals surface area contributed by atoms with Crippen LogP contribution in [-0.4, -0.2) is 22.8 Å². The van der Waals surface area contributed by atoms with Gasteiger partial charge in [0.05, 0.1) is 4.92 Å². The number of nitro benzene ring substituents is 1. The minimum absolute atomic E-state index is 0.0806. The summed E-state index contributed by atoms with van der Waals surface area (Å²) in [5.41, 5.74) is 5.04. The molecule has 2 N–H and O–H groups in total. The lowest BCUT2D eigenvalue weighted by Crippen LogP contribution is -2.47. The molecule has 29 heavy (non-hydrogen) atoms. The van der Waals surface area contributed by atoms with Gasteiger partial charge in [-0.15, -0.1) is 0 Å². The van der Waals surface area contributed by atoms with Gasteiger partial charge in [0.15, 0.2) is 6.10 Å². The smallest absolute Gasteiger partial charge is 0.279 e. The van der Waals surface area contributed by atoms with E-state index in [9.17, 15) is 19.7 Å². The topological polar surface area (TPSA) is 111 Å². The van der Waals surface area contributed by atoms with Crippen molar-refractivity contribution in [3.8, 4) is 5.75 Å². The monoisotopic (exact) mass is 393 g/mol. The van der Waals surface area contributed by atoms with E-state index in [2.05, 4.69) is 10.9 Å². The van der Waals surface area contributed by atoms with Crippen molar-refractivity contribution in [3.63, 3.8) is 0 Å². The highest BCUT2D eigenvalue weighted by atomic mass is 16.6. The minimum atomic E-state index is -0.852. The first kappa shape index (κ1) is 19.8. The molecule has 0 aromatic heterocycles. The van der Waals surface area contributed by atoms with Crippen LogP contribution < -0.4 is 15.6 Å². The van der Waals surface area contributed by atoms with Crippen molar-refractivity contribution in [1.82, 2.24) is 10.9 Å². The number of fused-ring (bicyclic) bond motifs is 1. The van der Waals surface area contributed by atoms with E-state index in [0.717, 1.165) is 10.8 Å². The van der Waals surface area contributed by atoms with E-state index in [1.54, 1.807) is 13.0 Å². The van der Waals surface area contributed by atoms with Gasteiger partial charge in [-0.1, -0.05) is 30.3 Å². The molecule has 0 saturated heterocycles. The number of carbonyl (C=O) groups excluding carboxylic acids is 2. The summed E-state index contributed by atoms with van der Waals surface area (Å²) in [6, 6.07) is 17.2. The van der Waals surface area contributed by atoms with Crippen LogP contribution in [-0.2, 0) is 4.79 Å². The summed E-state index contributed by atoms with van der Waals surface area (Å²) in [6.07, 6.45) is -0.852. The van der Waals surface area contributed by atoms with Crippen molar-refractivity contribution in [1.29, 1.82) is 0 Å². The van der Waals surface area contributed by atoms with E-state index in [1.165, 1.54) is 25.1 Å². The van der Waals surface area contributed by atoms with Crippen LogP contribution in [0.2, 0.25) is 0 Å². The van der Waals surface area contributed by atoms with Crippen LogP contribution in [0.25, 0.3) is 10.8 Å². The third-order valence-corrected chi connectivity index (χ3v) is 4.36. The van der Waals surface area contributed by atoms with Gasteiger partial charge in [0.2, 0.25) is 0 Å². The molecule has 0 spiro atoms. The second kappa shape index (κ2) is 8.39. The van der Waals surface area contributed by atoms with E-state index in [1.807, 2.05) is 36.4 Å². The van der Waals surface area contributed by atoms with E-state index in [-0.39, 0.29) is 11.3 Å². The molecule has 8 nitrogen and oxygen atoms in total. The predicted molar refractivity (Wildman–Crippen MR) is 107 cm³/mol. The first-order valence-electron chi connectivity index (χ1n) is 8.86. The van der Waals surface area contributed by atoms with Gasteiger partial charge in [0.25, 0.3) is 17.5 Å². The fourth-order valence-electron chi connectivity index (χ4n) is 2.79. The van der Waals surface area contributed by atoms with Crippen molar-refractivity contribution in [2.24, 2.45) is 0 Å². The van der Waals surface area contributed by atoms with Crippen molar-refractivity contribution in [3.05, 3.63) is 81.9 Å². The molecule has 8 heteroatoms. The zero-order valence-corrected chi connectivity index (χ0v) is 15.8. The Morgan fingerprint density at radius 3 is 2.41 bits per heavy atom. The molecule has 148 valence electrons. The summed E-state index contributed by atoms with van der Waals surface area (Å²) < 4.78 is 5.65. The molecule has 1 atom stereocenters. The molecule has 3 aromatic rings. The van der Waals surface area contributed by atoms with Crippen molar-refractivity contribution in [2.45, 2.75) is 20.0 Å². The number of carbonyl (C=O) groups is 2. The molecule has 0 saturated carbocycles. The average Bonchev–Trinajstić information content (AvgIpc) is 2.71. The number of benzene rings is 3. The van der Waals surface area contributed by atoms with Gasteiger partial charge in [-0.05, 0) is 48.9 Å². The summed E-state index contributed by atoms with van der Waals surface area (Å²) in [4.78, 5) is 34.7. The number of rotatable bonds is 5. The zero-order chi connectivity index (χ0) is 21.0. The van der Waals surface area contributed by atoms with Gasteiger partial charge in [0.1, 0.15) is 5.75 Å². The molecule has 0 heterocycles. The van der Waals surface area contributed by atoms with E-state index >= 15 is 0 Å². The van der Waals surface area contributed by atoms with Crippen LogP contribution in [0.5, 0.6) is 5.75 Å². The van der Waals surface area contributed by atoms with Crippen molar-refractivity contribution in [2.75, 3.05) is 0 Å². The minimum Gasteiger partial charge on any atom is -0.481 e. The highest BCUT2D eigenvalue weighted by molar-refractivity contribution is 5.96. The molecule has 0 bridgehead atoms. The SMILES string of the molecule is Cc1cc(C(=O)NNC(=O)[C@H](C)Oc2ccc3ccccc3c2)ccc1[N+](=O)[O-]. The van der Waals surface area contributed by atoms with Crippen LogP contribution in [0.1, 0.15) is 22.8 Å². The largest absolute Gasteiger partial charge is 0.481 e. The lowest BCUT2D eigenvalue weighted by atomic mass is 10.1. The maximum Gasteiger partial charge on any atom is 0.279 e. The summed E-state index contributed by atoms with van der Waals surface area (Å²) in [5, 5.41) is 12.9. The number of nitrogens with one attached hydrogen (secondary N) is 2. The maximum absolute atomic E-state index is 12.2. The van der Waals surface area contributed by atoms with Gasteiger partial charge in [-0.3, -0.25) is 30.6 Å². The van der Waals surface area contributed by atoms with Crippen LogP contribution in [0.4, 0.5) is 5.69 Å². The first-order chi connectivity index (χ1) is 13.8. The van der Waals surface area contributed by atoms with Gasteiger partial charge < -0.3 is 4.74 Å². The molecule has 0 aliphatic heterocycles. The molecular formula is C21H19N3O5. The van der Waals surface area contributed by atoms with Gasteiger partial charge >= 0.3 is 0 Å². The molecular weight excluding hydrogens is 374 g/mol. The van der Waals surface area contributed by atoms with E-state index < -0.39 is 22.8 Å². The molecule has 0 aliphatic carbocycles. The summed E-state index contributed by atoms with van der Waals surface area (Å²) >= 11 is 0. The number of hydrogen-bond acceptors (Lipinski definition) is 5. The number of aryl methyl sites for hydroxylation is 1. The first-order valence-corrected chi connectivity index (χ1v) is 8.86. The Labute approximate surface area is 166 Å². The van der Waals surface area contributed by atoms with Crippen LogP contribution in [0.3, 0.4) is 0 Å². The lowest BCUT2D eigenvalue weighted by molar-refractivity contribution is -0.385. The number of nitro groups is 1. The number of amides is 2. The van der Waals surface area contributed by atoms with E-state index in [0.29, 0.717) is 11.3 Å². The summed E-state index contributed by atoms with van der Waals surface area (Å²) in [6.45, 7) is 3.10. The molecule has 0 aliphatic rings. The Morgan fingerprint density at radius 2 is 1.72 bits per heavy atom. The Hall–Kier alpha value is -3.94. The maximum atomic E-state index is 12.2. The standard InChI is InChI=1S/C21H19N3O5/c1-13-11-17(8-10-19(13)24(27)28)21(26)23-22-20(25)14(2)29-18-9-7-15-5-3-4-6-16(15)12-18/h3-12,14H,1-2H3,(H,22,25)(H,23,26)/t14-/m0/s1. The average molecular weight is 393 g/mol. The van der Waals surface area contributed by atoms with Gasteiger partial charge in [-0.2, -0.15) is 0 Å². The predicted octanol–water partition coefficient (Wildman–Crippen LogP) is 3.28. The molecule has 3 rings (SSSR count). The fraction of sp³-hybridized carbons (Fsp3) is 0.143. The summed E-state index contributed by atoms with van der Waals surface area (Å²) in [5.74, 6) is -0.594. The Kier molecular flexibility index (Phi) is 5.73. The number of hydrazine groups is 1. The normalized spacial score (nSPS) is 11.5. The molecule has 0 unspecified atom stereocenters. The number of hydrogen-bond donors (Lipinski definition) is 2. The van der Waals surface area contributed by atoms with Gasteiger partial charge in [-0.25, -0.2) is 0 Å². The molecule has 3 aromatic carbocycles. The van der Waals surface area contributed by atoms with Crippen LogP contribution >= 0.6 is 0 Å². The van der Waals surface area contributed by atoms with Gasteiger partial charge in [0, 0.05) is 17.2 Å². The van der Waals surface area contributed by atoms with Crippen molar-refractivity contribution >= 4 is 28.3 Å². The van der Waals surface area contributed by atoms with E-state index in [4.69, 9.17) is 4.74 Å². The number of nitrogens with zero attached hydrogens (tertiary/aromatic N) is 1. The second-order valence-corrected chi connectivity index (χ2v) is 6.47. The Balaban J connectivity index is 1.58. The fourth-order valence-corrected chi connectivity index (χ4v) is 2.79. The highest BCUT2D eigenvalue weighted by Gasteiger charge is 2.17. The zero-order valence-electron chi connectivity index (χ0n) is 15.8. The lowest BCUT2D eigenvalue weighted by Gasteiger charge is -2.15. The molecule has 2 amide bonds. The highest BCUT2D eigenvalue weighted by Crippen LogP contribution is 2.21. The Morgan fingerprint density at radius 1 is 1.00 bits per heavy atom. The van der Waals surface area contributed by atoms with Crippen LogP contribution in [0, 0.1) is 17.0 Å². The molecule has 0 fully saturated rings. The third kappa shape index (κ3) is 4.67. The second-order valence-electron chi connectivity index (χ2n) is 6.47. The summed E-state index contributed by atoms with van der Waals surface area (Å²) in [7, 11) is 0. The van der Waals surface area contributed by atoms with Crippen molar-refractivity contribution < 1.29 is 19.2 Å². The third-order valence-electron chi connectivity index (χ3n) is 4.36.